The van der Waals surface area contributed by atoms with E-state index in [0.29, 0.717) is 24.3 Å². The van der Waals surface area contributed by atoms with E-state index in [4.69, 9.17) is 4.74 Å². The number of benzene rings is 2. The summed E-state index contributed by atoms with van der Waals surface area (Å²) in [6.45, 7) is 3.75. The Bertz CT molecular complexity index is 1090. The zero-order chi connectivity index (χ0) is 26.0. The molecule has 0 bridgehead atoms. The number of carbonyl (C=O) groups excluding carboxylic acids is 2. The molecule has 2 amide bonds. The molecule has 0 aliphatic heterocycles. The van der Waals surface area contributed by atoms with Gasteiger partial charge in [0.2, 0.25) is 21.8 Å². The molecule has 0 heterocycles. The fourth-order valence-corrected chi connectivity index (χ4v) is 4.50. The second kappa shape index (κ2) is 13.1. The first-order chi connectivity index (χ1) is 16.6. The first-order valence-electron chi connectivity index (χ1n) is 11.5. The molecule has 192 valence electrons. The minimum absolute atomic E-state index is 0.0162. The van der Waals surface area contributed by atoms with Gasteiger partial charge in [-0.05, 0) is 42.7 Å². The normalized spacial score (nSPS) is 12.0. The van der Waals surface area contributed by atoms with Gasteiger partial charge in [0.05, 0.1) is 19.1 Å². The van der Waals surface area contributed by atoms with Gasteiger partial charge < -0.3 is 15.0 Å². The van der Waals surface area contributed by atoms with Gasteiger partial charge in [-0.1, -0.05) is 44.5 Å². The number of ether oxygens (including phenoxy) is 1. The summed E-state index contributed by atoms with van der Waals surface area (Å²) in [6, 6.07) is 11.3. The first kappa shape index (κ1) is 28.1. The number of unbranched alkanes of at least 4 members (excludes halogenated alkanes) is 1. The van der Waals surface area contributed by atoms with Gasteiger partial charge >= 0.3 is 0 Å². The Balaban J connectivity index is 2.43. The molecule has 1 unspecified atom stereocenters. The molecule has 2 aromatic rings. The Kier molecular flexibility index (Phi) is 10.5. The van der Waals surface area contributed by atoms with Gasteiger partial charge in [0.1, 0.15) is 24.2 Å². The number of halogens is 1. The van der Waals surface area contributed by atoms with E-state index in [1.165, 1.54) is 36.3 Å². The molecule has 8 nitrogen and oxygen atoms in total. The molecule has 10 heteroatoms. The Morgan fingerprint density at radius 1 is 1.09 bits per heavy atom. The lowest BCUT2D eigenvalue weighted by atomic mass is 10.1. The van der Waals surface area contributed by atoms with Crippen molar-refractivity contribution in [2.24, 2.45) is 0 Å². The molecule has 0 saturated heterocycles. The highest BCUT2D eigenvalue weighted by atomic mass is 32.2. The van der Waals surface area contributed by atoms with E-state index >= 15 is 0 Å². The average molecular weight is 508 g/mol. The lowest BCUT2D eigenvalue weighted by Crippen LogP contribution is -2.52. The molecule has 2 aromatic carbocycles. The highest BCUT2D eigenvalue weighted by Gasteiger charge is 2.32. The Morgan fingerprint density at radius 2 is 1.74 bits per heavy atom. The summed E-state index contributed by atoms with van der Waals surface area (Å²) in [4.78, 5) is 27.9. The predicted molar refractivity (Wildman–Crippen MR) is 134 cm³/mol. The monoisotopic (exact) mass is 507 g/mol. The van der Waals surface area contributed by atoms with Gasteiger partial charge in [-0.15, -0.1) is 0 Å². The summed E-state index contributed by atoms with van der Waals surface area (Å²) < 4.78 is 45.1. The van der Waals surface area contributed by atoms with Crippen LogP contribution in [-0.2, 0) is 26.2 Å². The number of nitrogens with zero attached hydrogens (tertiary/aromatic N) is 2. The number of nitrogens with one attached hydrogen (secondary N) is 1. The van der Waals surface area contributed by atoms with Gasteiger partial charge in [-0.3, -0.25) is 13.9 Å². The maximum Gasteiger partial charge on any atom is 0.244 e. The second-order valence-electron chi connectivity index (χ2n) is 8.16. The number of sulfonamides is 1. The van der Waals surface area contributed by atoms with Gasteiger partial charge in [0.15, 0.2) is 0 Å². The number of methoxy groups -OCH3 is 1. The molecule has 0 radical (unpaired) electrons. The number of amides is 2. The van der Waals surface area contributed by atoms with Crippen LogP contribution in [0.1, 0.15) is 38.7 Å². The van der Waals surface area contributed by atoms with Crippen LogP contribution in [0.4, 0.5) is 10.1 Å². The molecule has 0 aromatic heterocycles. The van der Waals surface area contributed by atoms with Crippen LogP contribution in [0.5, 0.6) is 5.75 Å². The van der Waals surface area contributed by atoms with Crippen molar-refractivity contribution in [2.45, 2.75) is 45.7 Å². The Labute approximate surface area is 207 Å². The van der Waals surface area contributed by atoms with E-state index in [0.717, 1.165) is 23.4 Å². The molecule has 0 spiro atoms. The van der Waals surface area contributed by atoms with Crippen molar-refractivity contribution < 1.29 is 27.1 Å². The van der Waals surface area contributed by atoms with Crippen LogP contribution in [0.15, 0.2) is 48.5 Å². The molecule has 0 aliphatic carbocycles. The number of para-hydroxylation sites is 2. The van der Waals surface area contributed by atoms with Crippen molar-refractivity contribution >= 4 is 27.5 Å². The Hall–Kier alpha value is -3.14. The van der Waals surface area contributed by atoms with Crippen LogP contribution in [0.25, 0.3) is 0 Å². The van der Waals surface area contributed by atoms with E-state index in [9.17, 15) is 22.4 Å². The molecule has 1 atom stereocenters. The third-order valence-corrected chi connectivity index (χ3v) is 6.64. The van der Waals surface area contributed by atoms with E-state index in [-0.39, 0.29) is 18.1 Å². The fourth-order valence-electron chi connectivity index (χ4n) is 3.64. The number of hydrogen-bond donors (Lipinski definition) is 1. The van der Waals surface area contributed by atoms with Gasteiger partial charge in [-0.2, -0.15) is 0 Å². The standard InChI is InChI=1S/C25H34FN3O5S/c1-5-7-16-27-25(31)21(6-2)28(17-19-12-14-20(26)15-13-19)24(30)18-29(35(4,32)33)22-10-8-9-11-23(22)34-3/h8-15,21H,5-7,16-18H2,1-4H3,(H,27,31). The summed E-state index contributed by atoms with van der Waals surface area (Å²) >= 11 is 0. The summed E-state index contributed by atoms with van der Waals surface area (Å²) in [7, 11) is -2.46. The summed E-state index contributed by atoms with van der Waals surface area (Å²) in [5.74, 6) is -1.02. The summed E-state index contributed by atoms with van der Waals surface area (Å²) in [6.07, 6.45) is 3.02. The highest BCUT2D eigenvalue weighted by molar-refractivity contribution is 7.92. The topological polar surface area (TPSA) is 96.0 Å². The zero-order valence-corrected chi connectivity index (χ0v) is 21.5. The van der Waals surface area contributed by atoms with Crippen molar-refractivity contribution in [3.63, 3.8) is 0 Å². The minimum atomic E-state index is -3.87. The van der Waals surface area contributed by atoms with Gasteiger partial charge in [0.25, 0.3) is 0 Å². The largest absolute Gasteiger partial charge is 0.495 e. The zero-order valence-electron chi connectivity index (χ0n) is 20.7. The van der Waals surface area contributed by atoms with E-state index in [1.807, 2.05) is 6.92 Å². The van der Waals surface area contributed by atoms with Crippen molar-refractivity contribution in [3.8, 4) is 5.75 Å². The molecular formula is C25H34FN3O5S. The molecule has 35 heavy (non-hydrogen) atoms. The molecular weight excluding hydrogens is 473 g/mol. The van der Waals surface area contributed by atoms with Crippen LogP contribution in [0, 0.1) is 5.82 Å². The second-order valence-corrected chi connectivity index (χ2v) is 10.1. The summed E-state index contributed by atoms with van der Waals surface area (Å²) in [5, 5.41) is 2.85. The lowest BCUT2D eigenvalue weighted by Gasteiger charge is -2.33. The molecule has 0 saturated carbocycles. The molecule has 2 rings (SSSR count). The maximum atomic E-state index is 13.6. The number of carbonyl (C=O) groups is 2. The average Bonchev–Trinajstić information content (AvgIpc) is 2.83. The van der Waals surface area contributed by atoms with Crippen LogP contribution in [0.2, 0.25) is 0 Å². The van der Waals surface area contributed by atoms with Crippen molar-refractivity contribution in [1.82, 2.24) is 10.2 Å². The van der Waals surface area contributed by atoms with Crippen LogP contribution in [-0.4, -0.2) is 57.6 Å². The maximum absolute atomic E-state index is 13.6. The lowest BCUT2D eigenvalue weighted by molar-refractivity contribution is -0.140. The van der Waals surface area contributed by atoms with E-state index < -0.39 is 34.3 Å². The van der Waals surface area contributed by atoms with E-state index in [2.05, 4.69) is 5.32 Å². The molecule has 0 fully saturated rings. The number of rotatable bonds is 13. The van der Waals surface area contributed by atoms with E-state index in [1.54, 1.807) is 31.2 Å². The highest BCUT2D eigenvalue weighted by Crippen LogP contribution is 2.29. The molecule has 1 N–H and O–H groups in total. The SMILES string of the molecule is CCCCNC(=O)C(CC)N(Cc1ccc(F)cc1)C(=O)CN(c1ccccc1OC)S(C)(=O)=O. The van der Waals surface area contributed by atoms with Crippen LogP contribution in [0.3, 0.4) is 0 Å². The number of hydrogen-bond acceptors (Lipinski definition) is 5. The van der Waals surface area contributed by atoms with Gasteiger partial charge in [0, 0.05) is 13.1 Å². The van der Waals surface area contributed by atoms with Crippen molar-refractivity contribution in [3.05, 3.63) is 59.9 Å². The summed E-state index contributed by atoms with van der Waals surface area (Å²) in [5.41, 5.74) is 0.829. The minimum Gasteiger partial charge on any atom is -0.495 e. The quantitative estimate of drug-likeness (QED) is 0.420. The number of anilines is 1. The van der Waals surface area contributed by atoms with Gasteiger partial charge in [-0.25, -0.2) is 12.8 Å². The van der Waals surface area contributed by atoms with Crippen molar-refractivity contribution in [1.29, 1.82) is 0 Å². The fraction of sp³-hybridized carbons (Fsp3) is 0.440. The van der Waals surface area contributed by atoms with Crippen molar-refractivity contribution in [2.75, 3.05) is 30.8 Å². The Morgan fingerprint density at radius 3 is 2.31 bits per heavy atom. The third-order valence-electron chi connectivity index (χ3n) is 5.51. The predicted octanol–water partition coefficient (Wildman–Crippen LogP) is 3.32. The van der Waals surface area contributed by atoms with Crippen LogP contribution < -0.4 is 14.4 Å². The first-order valence-corrected chi connectivity index (χ1v) is 13.4. The van der Waals surface area contributed by atoms with Crippen LogP contribution >= 0.6 is 0 Å². The molecule has 0 aliphatic rings. The third kappa shape index (κ3) is 7.95. The smallest absolute Gasteiger partial charge is 0.244 e.